The number of carbonyl (C=O) groups is 1. The van der Waals surface area contributed by atoms with E-state index in [4.69, 9.17) is 4.74 Å². The zero-order chi connectivity index (χ0) is 18.8. The maximum absolute atomic E-state index is 12.9. The first-order valence-electron chi connectivity index (χ1n) is 8.90. The summed E-state index contributed by atoms with van der Waals surface area (Å²) in [5.74, 6) is 1.31. The molecule has 1 aromatic carbocycles. The Morgan fingerprint density at radius 3 is 2.93 bits per heavy atom. The van der Waals surface area contributed by atoms with Crippen molar-refractivity contribution in [3.8, 4) is 5.88 Å². The van der Waals surface area contributed by atoms with E-state index in [0.29, 0.717) is 18.0 Å². The Kier molecular flexibility index (Phi) is 4.89. The lowest BCUT2D eigenvalue weighted by Crippen LogP contribution is -2.44. The molecule has 1 amide bonds. The van der Waals surface area contributed by atoms with E-state index in [1.807, 2.05) is 54.2 Å². The van der Waals surface area contributed by atoms with Gasteiger partial charge in [-0.25, -0.2) is 4.98 Å². The van der Waals surface area contributed by atoms with Crippen molar-refractivity contribution in [3.05, 3.63) is 41.4 Å². The van der Waals surface area contributed by atoms with E-state index in [1.165, 1.54) is 0 Å². The molecule has 1 aliphatic rings. The summed E-state index contributed by atoms with van der Waals surface area (Å²) in [5, 5.41) is 8.26. The van der Waals surface area contributed by atoms with Crippen molar-refractivity contribution >= 4 is 33.3 Å². The molecule has 3 aromatic rings. The number of hydrogen-bond acceptors (Lipinski definition) is 7. The molecule has 7 nitrogen and oxygen atoms in total. The van der Waals surface area contributed by atoms with E-state index in [2.05, 4.69) is 15.2 Å². The van der Waals surface area contributed by atoms with Crippen LogP contribution in [0.1, 0.15) is 23.2 Å². The average molecular weight is 383 g/mol. The second-order valence-electron chi connectivity index (χ2n) is 6.79. The molecule has 2 aromatic heterocycles. The highest BCUT2D eigenvalue weighted by Crippen LogP contribution is 2.22. The van der Waals surface area contributed by atoms with Gasteiger partial charge in [-0.2, -0.15) is 0 Å². The maximum Gasteiger partial charge on any atom is 0.254 e. The van der Waals surface area contributed by atoms with Crippen molar-refractivity contribution in [3.63, 3.8) is 0 Å². The van der Waals surface area contributed by atoms with Gasteiger partial charge in [-0.05, 0) is 37.1 Å². The summed E-state index contributed by atoms with van der Waals surface area (Å²) in [6.45, 7) is 1.29. The van der Waals surface area contributed by atoms with Crippen LogP contribution in [0.4, 0.5) is 5.82 Å². The lowest BCUT2D eigenvalue weighted by molar-refractivity contribution is 0.0526. The number of carbonyl (C=O) groups excluding carboxylic acids is 1. The Morgan fingerprint density at radius 2 is 2.15 bits per heavy atom. The van der Waals surface area contributed by atoms with Gasteiger partial charge in [0.2, 0.25) is 5.88 Å². The minimum atomic E-state index is -0.0747. The summed E-state index contributed by atoms with van der Waals surface area (Å²) in [6.07, 6.45) is 1.73. The Labute approximate surface area is 161 Å². The summed E-state index contributed by atoms with van der Waals surface area (Å²) in [5.41, 5.74) is 3.42. The maximum atomic E-state index is 12.9. The van der Waals surface area contributed by atoms with Crippen LogP contribution in [-0.2, 0) is 0 Å². The van der Waals surface area contributed by atoms with Gasteiger partial charge in [0.05, 0.1) is 22.3 Å². The van der Waals surface area contributed by atoms with Crippen LogP contribution in [0.25, 0.3) is 10.2 Å². The third kappa shape index (κ3) is 3.85. The fraction of sp³-hybridized carbons (Fsp3) is 0.368. The standard InChI is InChI=1S/C19H21N5O2S/c1-23(2)17-7-8-18(22-21-17)26-14-4-3-9-24(11-14)19(25)13-5-6-15-16(10-13)27-12-20-15/h5-8,10,12,14H,3-4,9,11H2,1-2H3. The Balaban J connectivity index is 1.43. The fourth-order valence-electron chi connectivity index (χ4n) is 3.17. The zero-order valence-electron chi connectivity index (χ0n) is 15.3. The van der Waals surface area contributed by atoms with Crippen LogP contribution in [0.5, 0.6) is 5.88 Å². The fourth-order valence-corrected chi connectivity index (χ4v) is 3.89. The van der Waals surface area contributed by atoms with Gasteiger partial charge in [0, 0.05) is 32.3 Å². The van der Waals surface area contributed by atoms with Crippen molar-refractivity contribution in [2.75, 3.05) is 32.1 Å². The summed E-state index contributed by atoms with van der Waals surface area (Å²) in [4.78, 5) is 20.9. The van der Waals surface area contributed by atoms with Crippen molar-refractivity contribution in [1.29, 1.82) is 0 Å². The number of aromatic nitrogens is 3. The van der Waals surface area contributed by atoms with Gasteiger partial charge < -0.3 is 14.5 Å². The van der Waals surface area contributed by atoms with Crippen LogP contribution in [0.15, 0.2) is 35.8 Å². The van der Waals surface area contributed by atoms with E-state index in [9.17, 15) is 4.79 Å². The quantitative estimate of drug-likeness (QED) is 0.690. The lowest BCUT2D eigenvalue weighted by atomic mass is 10.1. The number of likely N-dealkylation sites (tertiary alicyclic amines) is 1. The highest BCUT2D eigenvalue weighted by Gasteiger charge is 2.26. The number of piperidine rings is 1. The molecule has 4 rings (SSSR count). The highest BCUT2D eigenvalue weighted by atomic mass is 32.1. The second-order valence-corrected chi connectivity index (χ2v) is 7.68. The van der Waals surface area contributed by atoms with Crippen molar-refractivity contribution in [1.82, 2.24) is 20.1 Å². The normalized spacial score (nSPS) is 17.1. The molecular formula is C19H21N5O2S. The number of nitrogens with zero attached hydrogens (tertiary/aromatic N) is 5. The molecule has 0 radical (unpaired) electrons. The van der Waals surface area contributed by atoms with Crippen molar-refractivity contribution in [2.45, 2.75) is 18.9 Å². The molecule has 0 aliphatic carbocycles. The van der Waals surface area contributed by atoms with Gasteiger partial charge >= 0.3 is 0 Å². The molecule has 3 heterocycles. The monoisotopic (exact) mass is 383 g/mol. The van der Waals surface area contributed by atoms with E-state index in [1.54, 1.807) is 16.8 Å². The van der Waals surface area contributed by atoms with E-state index in [-0.39, 0.29) is 12.0 Å². The van der Waals surface area contributed by atoms with Crippen LogP contribution in [0, 0.1) is 0 Å². The lowest BCUT2D eigenvalue weighted by Gasteiger charge is -2.32. The van der Waals surface area contributed by atoms with Crippen LogP contribution >= 0.6 is 11.3 Å². The number of benzene rings is 1. The number of amides is 1. The average Bonchev–Trinajstić information content (AvgIpc) is 3.16. The molecule has 0 N–H and O–H groups in total. The molecule has 1 unspecified atom stereocenters. The van der Waals surface area contributed by atoms with Crippen LogP contribution in [-0.4, -0.2) is 59.3 Å². The minimum absolute atomic E-state index is 0.0349. The molecule has 27 heavy (non-hydrogen) atoms. The van der Waals surface area contributed by atoms with Crippen LogP contribution < -0.4 is 9.64 Å². The summed E-state index contributed by atoms with van der Waals surface area (Å²) < 4.78 is 7.00. The molecule has 1 aliphatic heterocycles. The number of anilines is 1. The van der Waals surface area contributed by atoms with Gasteiger partial charge in [-0.15, -0.1) is 21.5 Å². The molecule has 0 spiro atoms. The van der Waals surface area contributed by atoms with Crippen molar-refractivity contribution in [2.24, 2.45) is 0 Å². The Bertz CT molecular complexity index is 941. The first-order valence-corrected chi connectivity index (χ1v) is 9.78. The number of thiazole rings is 1. The molecule has 0 saturated carbocycles. The molecule has 8 heteroatoms. The molecule has 0 bridgehead atoms. The zero-order valence-corrected chi connectivity index (χ0v) is 16.1. The number of fused-ring (bicyclic) bond motifs is 1. The predicted octanol–water partition coefficient (Wildman–Crippen LogP) is 2.84. The first kappa shape index (κ1) is 17.7. The molecular weight excluding hydrogens is 362 g/mol. The Hall–Kier alpha value is -2.74. The number of hydrogen-bond donors (Lipinski definition) is 0. The first-order chi connectivity index (χ1) is 13.1. The van der Waals surface area contributed by atoms with Crippen molar-refractivity contribution < 1.29 is 9.53 Å². The van der Waals surface area contributed by atoms with Gasteiger partial charge in [0.15, 0.2) is 5.82 Å². The third-order valence-corrected chi connectivity index (χ3v) is 5.41. The SMILES string of the molecule is CN(C)c1ccc(OC2CCCN(C(=O)c3ccc4ncsc4c3)C2)nn1. The van der Waals surface area contributed by atoms with Gasteiger partial charge in [-0.1, -0.05) is 0 Å². The summed E-state index contributed by atoms with van der Waals surface area (Å²) in [7, 11) is 3.83. The smallest absolute Gasteiger partial charge is 0.254 e. The molecule has 140 valence electrons. The van der Waals surface area contributed by atoms with Crippen LogP contribution in [0.3, 0.4) is 0 Å². The highest BCUT2D eigenvalue weighted by molar-refractivity contribution is 7.16. The minimum Gasteiger partial charge on any atom is -0.471 e. The van der Waals surface area contributed by atoms with E-state index >= 15 is 0 Å². The summed E-state index contributed by atoms with van der Waals surface area (Å²) >= 11 is 1.55. The van der Waals surface area contributed by atoms with Gasteiger partial charge in [-0.3, -0.25) is 4.79 Å². The van der Waals surface area contributed by atoms with E-state index in [0.717, 1.165) is 35.4 Å². The molecule has 1 atom stereocenters. The Morgan fingerprint density at radius 1 is 1.26 bits per heavy atom. The van der Waals surface area contributed by atoms with Gasteiger partial charge in [0.25, 0.3) is 5.91 Å². The van der Waals surface area contributed by atoms with Crippen LogP contribution in [0.2, 0.25) is 0 Å². The third-order valence-electron chi connectivity index (χ3n) is 4.62. The second kappa shape index (κ2) is 7.48. The predicted molar refractivity (Wildman–Crippen MR) is 106 cm³/mol. The summed E-state index contributed by atoms with van der Waals surface area (Å²) in [6, 6.07) is 9.36. The topological polar surface area (TPSA) is 71.5 Å². The van der Waals surface area contributed by atoms with Gasteiger partial charge in [0.1, 0.15) is 6.10 Å². The number of rotatable bonds is 4. The molecule has 1 saturated heterocycles. The molecule has 1 fully saturated rings. The van der Waals surface area contributed by atoms with E-state index < -0.39 is 0 Å². The largest absolute Gasteiger partial charge is 0.471 e. The number of ether oxygens (including phenoxy) is 1.